The second-order valence-electron chi connectivity index (χ2n) is 29.3. The van der Waals surface area contributed by atoms with Crippen LogP contribution in [0.2, 0.25) is 0 Å². The highest BCUT2D eigenvalue weighted by Gasteiger charge is 2.30. The Morgan fingerprint density at radius 3 is 0.687 bits per heavy atom. The predicted molar refractivity (Wildman–Crippen MR) is 405 cm³/mol. The molecule has 5 atom stereocenters. The number of esters is 4. The molecule has 0 amide bonds. The van der Waals surface area contributed by atoms with Gasteiger partial charge in [0.15, 0.2) is 12.2 Å². The van der Waals surface area contributed by atoms with Crippen LogP contribution in [0.25, 0.3) is 0 Å². The maximum Gasteiger partial charge on any atom is 0.472 e. The van der Waals surface area contributed by atoms with Crippen molar-refractivity contribution in [3.8, 4) is 0 Å². The molecule has 17 nitrogen and oxygen atoms in total. The minimum Gasteiger partial charge on any atom is -0.462 e. The van der Waals surface area contributed by atoms with E-state index in [1.54, 1.807) is 0 Å². The Labute approximate surface area is 607 Å². The number of rotatable bonds is 80. The lowest BCUT2D eigenvalue weighted by molar-refractivity contribution is -0.161. The van der Waals surface area contributed by atoms with Crippen molar-refractivity contribution in [2.45, 2.75) is 445 Å². The summed E-state index contributed by atoms with van der Waals surface area (Å²) in [6.07, 6.45) is 63.7. The van der Waals surface area contributed by atoms with E-state index in [1.807, 2.05) is 0 Å². The van der Waals surface area contributed by atoms with Crippen molar-refractivity contribution in [2.24, 2.45) is 5.92 Å². The number of phosphoric acid groups is 2. The maximum absolute atomic E-state index is 13.1. The van der Waals surface area contributed by atoms with Crippen molar-refractivity contribution >= 4 is 39.5 Å². The van der Waals surface area contributed by atoms with Gasteiger partial charge in [-0.15, -0.1) is 0 Å². The molecule has 2 unspecified atom stereocenters. The van der Waals surface area contributed by atoms with Crippen LogP contribution in [0.4, 0.5) is 0 Å². The number of hydrogen-bond acceptors (Lipinski definition) is 15. The number of carbonyl (C=O) groups excluding carboxylic acids is 4. The number of aliphatic hydroxyl groups is 1. The van der Waals surface area contributed by atoms with Gasteiger partial charge in [-0.25, -0.2) is 9.13 Å². The minimum absolute atomic E-state index is 0.108. The van der Waals surface area contributed by atoms with Gasteiger partial charge >= 0.3 is 39.5 Å². The van der Waals surface area contributed by atoms with Gasteiger partial charge in [-0.05, 0) is 31.6 Å². The number of ether oxygens (including phenoxy) is 4. The largest absolute Gasteiger partial charge is 0.472 e. The molecule has 0 spiro atoms. The summed E-state index contributed by atoms with van der Waals surface area (Å²) < 4.78 is 68.7. The summed E-state index contributed by atoms with van der Waals surface area (Å²) in [6, 6.07) is 0. The van der Waals surface area contributed by atoms with E-state index in [4.69, 9.17) is 37.0 Å². The number of aliphatic hydroxyl groups excluding tert-OH is 1. The normalized spacial score (nSPS) is 13.9. The smallest absolute Gasteiger partial charge is 0.462 e. The molecule has 3 N–H and O–H groups in total. The van der Waals surface area contributed by atoms with Crippen molar-refractivity contribution in [3.05, 3.63) is 0 Å². The summed E-state index contributed by atoms with van der Waals surface area (Å²) in [5.41, 5.74) is 0. The quantitative estimate of drug-likeness (QED) is 0.0222. The van der Waals surface area contributed by atoms with E-state index in [-0.39, 0.29) is 25.7 Å². The van der Waals surface area contributed by atoms with Gasteiger partial charge in [0.2, 0.25) is 0 Å². The van der Waals surface area contributed by atoms with Gasteiger partial charge < -0.3 is 33.8 Å². The van der Waals surface area contributed by atoms with Crippen molar-refractivity contribution < 1.29 is 80.2 Å². The molecule has 0 rings (SSSR count). The average Bonchev–Trinajstić information content (AvgIpc) is 1.12. The SMILES string of the molecule is CCCCCCCCCCCCCCCCCCCC(=O)OC[C@H](COP(=O)(O)OC[C@@H](O)COP(=O)(O)OC[C@@H](COC(=O)CCCCCCCCCCCC)OC(=O)CCCCCCCCCCCCCCC)OC(=O)CCCCCCCCCCCCCCCCCCC(C)C. The monoisotopic (exact) mass is 1450 g/mol. The fourth-order valence-corrected chi connectivity index (χ4v) is 14.0. The second kappa shape index (κ2) is 73.0. The van der Waals surface area contributed by atoms with Crippen molar-refractivity contribution in [2.75, 3.05) is 39.6 Å². The number of hydrogen-bond donors (Lipinski definition) is 3. The van der Waals surface area contributed by atoms with Gasteiger partial charge in [-0.2, -0.15) is 0 Å². The average molecular weight is 1450 g/mol. The first-order chi connectivity index (χ1) is 48.0. The third kappa shape index (κ3) is 74.1. The Morgan fingerprint density at radius 1 is 0.273 bits per heavy atom. The summed E-state index contributed by atoms with van der Waals surface area (Å²) >= 11 is 0. The van der Waals surface area contributed by atoms with Crippen LogP contribution in [-0.2, 0) is 65.4 Å². The van der Waals surface area contributed by atoms with E-state index in [9.17, 15) is 43.2 Å². The van der Waals surface area contributed by atoms with Crippen molar-refractivity contribution in [3.63, 3.8) is 0 Å². The first kappa shape index (κ1) is 97.1. The van der Waals surface area contributed by atoms with E-state index in [2.05, 4.69) is 34.6 Å². The fraction of sp³-hybridized carbons (Fsp3) is 0.950. The molecule has 99 heavy (non-hydrogen) atoms. The number of carbonyl (C=O) groups is 4. The summed E-state index contributed by atoms with van der Waals surface area (Å²) in [7, 11) is -9.91. The summed E-state index contributed by atoms with van der Waals surface area (Å²) in [4.78, 5) is 73.0. The highest BCUT2D eigenvalue weighted by atomic mass is 31.2. The molecule has 0 aromatic heterocycles. The third-order valence-electron chi connectivity index (χ3n) is 18.8. The zero-order chi connectivity index (χ0) is 72.7. The van der Waals surface area contributed by atoms with E-state index in [1.165, 1.54) is 250 Å². The molecule has 0 saturated carbocycles. The topological polar surface area (TPSA) is 237 Å². The maximum atomic E-state index is 13.1. The molecule has 0 aliphatic heterocycles. The van der Waals surface area contributed by atoms with Crippen LogP contribution in [0.15, 0.2) is 0 Å². The molecular formula is C80H156O17P2. The van der Waals surface area contributed by atoms with Crippen molar-refractivity contribution in [1.29, 1.82) is 0 Å². The molecule has 0 bridgehead atoms. The zero-order valence-corrected chi connectivity index (χ0v) is 66.4. The molecule has 0 aromatic rings. The van der Waals surface area contributed by atoms with Crippen LogP contribution in [0.5, 0.6) is 0 Å². The molecule has 0 saturated heterocycles. The molecule has 0 fully saturated rings. The molecule has 0 heterocycles. The predicted octanol–water partition coefficient (Wildman–Crippen LogP) is 24.0. The number of unbranched alkanes of at least 4 members (excludes halogenated alkanes) is 52. The number of phosphoric ester groups is 2. The highest BCUT2D eigenvalue weighted by Crippen LogP contribution is 2.45. The lowest BCUT2D eigenvalue weighted by Crippen LogP contribution is -2.30. The first-order valence-electron chi connectivity index (χ1n) is 41.6. The highest BCUT2D eigenvalue weighted by molar-refractivity contribution is 7.47. The second-order valence-corrected chi connectivity index (χ2v) is 32.2. The van der Waals surface area contributed by atoms with Crippen LogP contribution < -0.4 is 0 Å². The molecule has 19 heteroatoms. The Bertz CT molecular complexity index is 1890. The van der Waals surface area contributed by atoms with Gasteiger partial charge in [0.25, 0.3) is 0 Å². The lowest BCUT2D eigenvalue weighted by Gasteiger charge is -2.21. The van der Waals surface area contributed by atoms with Gasteiger partial charge in [0.1, 0.15) is 19.3 Å². The Hall–Kier alpha value is -1.94. The van der Waals surface area contributed by atoms with Crippen molar-refractivity contribution in [1.82, 2.24) is 0 Å². The van der Waals surface area contributed by atoms with Gasteiger partial charge in [-0.1, -0.05) is 375 Å². The van der Waals surface area contributed by atoms with Crippen LogP contribution in [0.1, 0.15) is 426 Å². The van der Waals surface area contributed by atoms with E-state index in [0.29, 0.717) is 25.7 Å². The van der Waals surface area contributed by atoms with E-state index < -0.39 is 97.5 Å². The summed E-state index contributed by atoms with van der Waals surface area (Å²) in [5, 5.41) is 10.6. The Balaban J connectivity index is 5.23. The fourth-order valence-electron chi connectivity index (χ4n) is 12.4. The Morgan fingerprint density at radius 2 is 0.465 bits per heavy atom. The van der Waals surface area contributed by atoms with E-state index in [0.717, 1.165) is 95.8 Å². The molecule has 0 aromatic carbocycles. The molecule has 0 radical (unpaired) electrons. The summed E-state index contributed by atoms with van der Waals surface area (Å²) in [5.74, 6) is -1.30. The summed E-state index contributed by atoms with van der Waals surface area (Å²) in [6.45, 7) is 7.35. The first-order valence-corrected chi connectivity index (χ1v) is 44.6. The minimum atomic E-state index is -4.96. The van der Waals surface area contributed by atoms with Gasteiger partial charge in [0.05, 0.1) is 26.4 Å². The van der Waals surface area contributed by atoms with Gasteiger partial charge in [-0.3, -0.25) is 37.3 Å². The standard InChI is InChI=1S/C80H156O17P2/c1-6-9-12-15-18-21-24-26-27-28-32-36-39-44-49-54-59-64-78(83)91-70-76(97-80(85)66-61-56-51-46-41-37-33-30-29-31-35-38-42-47-52-57-62-73(4)5)72-95-99(88,89)93-68-74(81)67-92-98(86,87)94-71-75(69-90-77(82)63-58-53-48-43-23-20-17-14-11-8-3)96-79(84)65-60-55-50-45-40-34-25-22-19-16-13-10-7-2/h73-76,81H,6-72H2,1-5H3,(H,86,87)(H,88,89)/t74-,75+,76+/m0/s1. The third-order valence-corrected chi connectivity index (χ3v) is 20.7. The molecule has 588 valence electrons. The van der Waals surface area contributed by atoms with Crippen LogP contribution >= 0.6 is 15.6 Å². The van der Waals surface area contributed by atoms with Crippen LogP contribution in [0, 0.1) is 5.92 Å². The Kier molecular flexibility index (Phi) is 71.6. The van der Waals surface area contributed by atoms with Gasteiger partial charge in [0, 0.05) is 25.7 Å². The zero-order valence-electron chi connectivity index (χ0n) is 64.6. The molecular weight excluding hydrogens is 1290 g/mol. The van der Waals surface area contributed by atoms with Crippen LogP contribution in [-0.4, -0.2) is 96.7 Å². The molecule has 0 aliphatic rings. The van der Waals surface area contributed by atoms with Crippen LogP contribution in [0.3, 0.4) is 0 Å². The van der Waals surface area contributed by atoms with E-state index >= 15 is 0 Å². The lowest BCUT2D eigenvalue weighted by atomic mass is 10.0. The molecule has 0 aliphatic carbocycles.